The van der Waals surface area contributed by atoms with Crippen molar-refractivity contribution in [2.24, 2.45) is 17.6 Å². The van der Waals surface area contributed by atoms with Crippen molar-refractivity contribution in [1.29, 1.82) is 0 Å². The summed E-state index contributed by atoms with van der Waals surface area (Å²) in [6.07, 6.45) is 4.12. The van der Waals surface area contributed by atoms with Crippen molar-refractivity contribution < 1.29 is 4.79 Å². The van der Waals surface area contributed by atoms with Crippen molar-refractivity contribution >= 4 is 5.91 Å². The number of hydrogen-bond donors (Lipinski definition) is 2. The summed E-state index contributed by atoms with van der Waals surface area (Å²) >= 11 is 0. The third-order valence-electron chi connectivity index (χ3n) is 3.24. The van der Waals surface area contributed by atoms with E-state index in [1.54, 1.807) is 0 Å². The lowest BCUT2D eigenvalue weighted by Crippen LogP contribution is -2.42. The predicted molar refractivity (Wildman–Crippen MR) is 69.1 cm³/mol. The second-order valence-electron chi connectivity index (χ2n) is 4.78. The molecule has 0 aliphatic heterocycles. The van der Waals surface area contributed by atoms with Gasteiger partial charge in [-0.2, -0.15) is 0 Å². The van der Waals surface area contributed by atoms with Gasteiger partial charge in [0.1, 0.15) is 0 Å². The molecule has 0 rings (SSSR count). The molecule has 0 aromatic rings. The van der Waals surface area contributed by atoms with E-state index in [4.69, 9.17) is 5.73 Å². The van der Waals surface area contributed by atoms with Crippen molar-refractivity contribution in [1.82, 2.24) is 5.32 Å². The molecule has 0 aliphatic rings. The molecular weight excluding hydrogens is 200 g/mol. The zero-order valence-corrected chi connectivity index (χ0v) is 11.3. The van der Waals surface area contributed by atoms with Crippen LogP contribution in [0.1, 0.15) is 53.4 Å². The molecule has 3 N–H and O–H groups in total. The van der Waals surface area contributed by atoms with Crippen LogP contribution in [-0.4, -0.2) is 18.5 Å². The van der Waals surface area contributed by atoms with Gasteiger partial charge < -0.3 is 11.1 Å². The zero-order chi connectivity index (χ0) is 12.6. The van der Waals surface area contributed by atoms with Crippen LogP contribution in [0.5, 0.6) is 0 Å². The van der Waals surface area contributed by atoms with E-state index < -0.39 is 0 Å². The van der Waals surface area contributed by atoms with Gasteiger partial charge in [0.15, 0.2) is 0 Å². The summed E-state index contributed by atoms with van der Waals surface area (Å²) in [5, 5.41) is 3.08. The van der Waals surface area contributed by atoms with Crippen molar-refractivity contribution in [2.75, 3.05) is 6.54 Å². The van der Waals surface area contributed by atoms with Gasteiger partial charge in [0.2, 0.25) is 5.91 Å². The Kier molecular flexibility index (Phi) is 8.26. The van der Waals surface area contributed by atoms with Crippen LogP contribution in [-0.2, 0) is 4.79 Å². The Balaban J connectivity index is 4.17. The minimum absolute atomic E-state index is 0.175. The molecule has 0 aromatic heterocycles. The number of nitrogens with two attached hydrogens (primary N) is 1. The maximum absolute atomic E-state index is 12.0. The van der Waals surface area contributed by atoms with Gasteiger partial charge in [-0.25, -0.2) is 0 Å². The Labute approximate surface area is 100 Å². The maximum atomic E-state index is 12.0. The van der Waals surface area contributed by atoms with Gasteiger partial charge in [0.25, 0.3) is 0 Å². The summed E-state index contributed by atoms with van der Waals surface area (Å²) in [5.41, 5.74) is 5.59. The Morgan fingerprint density at radius 2 is 1.69 bits per heavy atom. The molecule has 0 radical (unpaired) electrons. The highest BCUT2D eigenvalue weighted by Crippen LogP contribution is 2.14. The van der Waals surface area contributed by atoms with Crippen LogP contribution in [0.2, 0.25) is 0 Å². The van der Waals surface area contributed by atoms with Crippen LogP contribution in [0.3, 0.4) is 0 Å². The SMILES string of the molecule is CCCC(CCC)C(=O)NC(C)C(C)CN. The molecular formula is C13H28N2O. The maximum Gasteiger partial charge on any atom is 0.223 e. The van der Waals surface area contributed by atoms with Crippen LogP contribution in [0.4, 0.5) is 0 Å². The van der Waals surface area contributed by atoms with E-state index in [0.717, 1.165) is 25.7 Å². The van der Waals surface area contributed by atoms with Gasteiger partial charge in [-0.05, 0) is 32.2 Å². The van der Waals surface area contributed by atoms with E-state index in [-0.39, 0.29) is 17.9 Å². The molecule has 0 saturated heterocycles. The fourth-order valence-corrected chi connectivity index (χ4v) is 1.79. The predicted octanol–water partition coefficient (Wildman–Crippen LogP) is 2.30. The van der Waals surface area contributed by atoms with Crippen LogP contribution in [0, 0.1) is 11.8 Å². The largest absolute Gasteiger partial charge is 0.353 e. The van der Waals surface area contributed by atoms with Crippen LogP contribution < -0.4 is 11.1 Å². The van der Waals surface area contributed by atoms with Gasteiger partial charge in [0, 0.05) is 12.0 Å². The lowest BCUT2D eigenvalue weighted by Gasteiger charge is -2.23. The van der Waals surface area contributed by atoms with Gasteiger partial charge >= 0.3 is 0 Å². The van der Waals surface area contributed by atoms with Gasteiger partial charge in [-0.1, -0.05) is 33.6 Å². The van der Waals surface area contributed by atoms with Gasteiger partial charge in [-0.3, -0.25) is 4.79 Å². The second-order valence-corrected chi connectivity index (χ2v) is 4.78. The molecule has 0 fully saturated rings. The first-order valence-electron chi connectivity index (χ1n) is 6.57. The minimum atomic E-state index is 0.175. The van der Waals surface area contributed by atoms with E-state index >= 15 is 0 Å². The highest BCUT2D eigenvalue weighted by molar-refractivity contribution is 5.78. The molecule has 0 aliphatic carbocycles. The Morgan fingerprint density at radius 3 is 2.06 bits per heavy atom. The summed E-state index contributed by atoms with van der Waals surface area (Å²) in [6, 6.07) is 0.175. The molecule has 0 heterocycles. The molecule has 2 unspecified atom stereocenters. The summed E-state index contributed by atoms with van der Waals surface area (Å²) in [7, 11) is 0. The zero-order valence-electron chi connectivity index (χ0n) is 11.3. The molecule has 3 heteroatoms. The summed E-state index contributed by atoms with van der Waals surface area (Å²) in [5.74, 6) is 0.728. The van der Waals surface area contributed by atoms with E-state index in [9.17, 15) is 4.79 Å². The quantitative estimate of drug-likeness (QED) is 0.670. The molecule has 1 amide bonds. The number of nitrogens with one attached hydrogen (secondary N) is 1. The number of amides is 1. The highest BCUT2D eigenvalue weighted by Gasteiger charge is 2.20. The average molecular weight is 228 g/mol. The first-order chi connectivity index (χ1) is 7.56. The Hall–Kier alpha value is -0.570. The number of rotatable bonds is 8. The van der Waals surface area contributed by atoms with Crippen LogP contribution in [0.25, 0.3) is 0 Å². The van der Waals surface area contributed by atoms with Crippen LogP contribution in [0.15, 0.2) is 0 Å². The minimum Gasteiger partial charge on any atom is -0.353 e. The summed E-state index contributed by atoms with van der Waals surface area (Å²) < 4.78 is 0. The first kappa shape index (κ1) is 15.4. The second kappa shape index (κ2) is 8.57. The molecule has 3 nitrogen and oxygen atoms in total. The van der Waals surface area contributed by atoms with Crippen molar-refractivity contribution in [3.63, 3.8) is 0 Å². The molecule has 0 bridgehead atoms. The topological polar surface area (TPSA) is 55.1 Å². The normalized spacial score (nSPS) is 14.9. The molecule has 96 valence electrons. The lowest BCUT2D eigenvalue weighted by molar-refractivity contribution is -0.126. The van der Waals surface area contributed by atoms with E-state index in [2.05, 4.69) is 26.1 Å². The highest BCUT2D eigenvalue weighted by atomic mass is 16.1. The molecule has 16 heavy (non-hydrogen) atoms. The van der Waals surface area contributed by atoms with Crippen molar-refractivity contribution in [2.45, 2.75) is 59.4 Å². The standard InChI is InChI=1S/C13H28N2O/c1-5-7-12(8-6-2)13(16)15-11(4)10(3)9-14/h10-12H,5-9,14H2,1-4H3,(H,15,16). The molecule has 2 atom stereocenters. The summed E-state index contributed by atoms with van der Waals surface area (Å²) in [4.78, 5) is 12.0. The van der Waals surface area contributed by atoms with Gasteiger partial charge in [-0.15, -0.1) is 0 Å². The lowest BCUT2D eigenvalue weighted by atomic mass is 9.96. The fraction of sp³-hybridized carbons (Fsp3) is 0.923. The van der Waals surface area contributed by atoms with E-state index in [1.165, 1.54) is 0 Å². The number of carbonyl (C=O) groups excluding carboxylic acids is 1. The summed E-state index contributed by atoms with van der Waals surface area (Å²) in [6.45, 7) is 8.97. The fourth-order valence-electron chi connectivity index (χ4n) is 1.79. The van der Waals surface area contributed by atoms with E-state index in [0.29, 0.717) is 12.5 Å². The average Bonchev–Trinajstić information content (AvgIpc) is 2.27. The Morgan fingerprint density at radius 1 is 1.19 bits per heavy atom. The van der Waals surface area contributed by atoms with Crippen molar-refractivity contribution in [3.05, 3.63) is 0 Å². The van der Waals surface area contributed by atoms with Gasteiger partial charge in [0.05, 0.1) is 0 Å². The molecule has 0 spiro atoms. The van der Waals surface area contributed by atoms with Crippen LogP contribution >= 0.6 is 0 Å². The monoisotopic (exact) mass is 228 g/mol. The van der Waals surface area contributed by atoms with E-state index in [1.807, 2.05) is 6.92 Å². The van der Waals surface area contributed by atoms with Crippen molar-refractivity contribution in [3.8, 4) is 0 Å². The number of hydrogen-bond acceptors (Lipinski definition) is 2. The first-order valence-corrected chi connectivity index (χ1v) is 6.57. The number of carbonyl (C=O) groups is 1. The molecule has 0 saturated carbocycles. The third kappa shape index (κ3) is 5.50. The molecule has 0 aromatic carbocycles. The third-order valence-corrected chi connectivity index (χ3v) is 3.24. The smallest absolute Gasteiger partial charge is 0.223 e. The Bertz CT molecular complexity index is 188.